The smallest absolute Gasteiger partial charge is 0.229 e. The molecule has 0 amide bonds. The molecule has 0 unspecified atom stereocenters. The predicted molar refractivity (Wildman–Crippen MR) is 82.1 cm³/mol. The fraction of sp³-hybridized carbons (Fsp3) is 0.400. The summed E-state index contributed by atoms with van der Waals surface area (Å²) in [6.45, 7) is 3.62. The van der Waals surface area contributed by atoms with E-state index in [-0.39, 0.29) is 0 Å². The Balaban J connectivity index is 1.73. The van der Waals surface area contributed by atoms with Crippen molar-refractivity contribution in [2.75, 3.05) is 18.0 Å². The van der Waals surface area contributed by atoms with E-state index in [9.17, 15) is 5.26 Å². The summed E-state index contributed by atoms with van der Waals surface area (Å²) >= 11 is 3.41. The van der Waals surface area contributed by atoms with Gasteiger partial charge in [-0.15, -0.1) is 0 Å². The summed E-state index contributed by atoms with van der Waals surface area (Å²) in [5.41, 5.74) is 1.71. The summed E-state index contributed by atoms with van der Waals surface area (Å²) in [5.74, 6) is 1.75. The third kappa shape index (κ3) is 2.93. The van der Waals surface area contributed by atoms with Crippen LogP contribution in [0, 0.1) is 18.3 Å². The van der Waals surface area contributed by atoms with Gasteiger partial charge in [0.1, 0.15) is 6.07 Å². The average molecular weight is 347 g/mol. The van der Waals surface area contributed by atoms with Crippen LogP contribution in [0.1, 0.15) is 36.0 Å². The molecule has 0 spiro atoms. The fourth-order valence-electron chi connectivity index (χ4n) is 2.72. The van der Waals surface area contributed by atoms with Gasteiger partial charge in [0.05, 0.1) is 11.3 Å². The summed E-state index contributed by atoms with van der Waals surface area (Å²) < 4.78 is 6.20. The molecule has 0 aliphatic carbocycles. The monoisotopic (exact) mass is 346 g/mol. The Labute approximate surface area is 131 Å². The normalized spacial score (nSPS) is 16.0. The molecule has 0 radical (unpaired) electrons. The zero-order valence-electron chi connectivity index (χ0n) is 11.7. The standard InChI is InChI=1S/C15H15BrN4O/c1-10-18-15(21-19-10)11-4-6-20(7-5-11)14-3-2-13(16)8-12(14)9-17/h2-3,8,11H,4-7H2,1H3. The van der Waals surface area contributed by atoms with Crippen molar-refractivity contribution in [3.05, 3.63) is 40.0 Å². The second kappa shape index (κ2) is 5.86. The molecule has 1 aromatic carbocycles. The number of aromatic nitrogens is 2. The zero-order chi connectivity index (χ0) is 14.8. The number of anilines is 1. The molecule has 0 atom stereocenters. The molecule has 1 fully saturated rings. The van der Waals surface area contributed by atoms with Gasteiger partial charge >= 0.3 is 0 Å². The first kappa shape index (κ1) is 14.1. The van der Waals surface area contributed by atoms with Gasteiger partial charge in [-0.3, -0.25) is 0 Å². The minimum atomic E-state index is 0.323. The molecular weight excluding hydrogens is 332 g/mol. The first-order valence-corrected chi connectivity index (χ1v) is 7.71. The lowest BCUT2D eigenvalue weighted by molar-refractivity contribution is 0.327. The average Bonchev–Trinajstić information content (AvgIpc) is 2.94. The molecule has 108 valence electrons. The van der Waals surface area contributed by atoms with Gasteiger partial charge in [-0.25, -0.2) is 0 Å². The highest BCUT2D eigenvalue weighted by molar-refractivity contribution is 9.10. The largest absolute Gasteiger partial charge is 0.370 e. The van der Waals surface area contributed by atoms with Gasteiger partial charge in [-0.1, -0.05) is 21.1 Å². The number of aryl methyl sites for hydroxylation is 1. The Kier molecular flexibility index (Phi) is 3.93. The Morgan fingerprint density at radius 1 is 1.38 bits per heavy atom. The van der Waals surface area contributed by atoms with Crippen LogP contribution in [0.2, 0.25) is 0 Å². The first-order chi connectivity index (χ1) is 10.2. The SMILES string of the molecule is Cc1noc(C2CCN(c3ccc(Br)cc3C#N)CC2)n1. The Morgan fingerprint density at radius 3 is 2.76 bits per heavy atom. The van der Waals surface area contributed by atoms with Crippen molar-refractivity contribution < 1.29 is 4.52 Å². The van der Waals surface area contributed by atoms with E-state index in [0.717, 1.165) is 42.0 Å². The van der Waals surface area contributed by atoms with Crippen LogP contribution in [-0.2, 0) is 0 Å². The van der Waals surface area contributed by atoms with Gasteiger partial charge < -0.3 is 9.42 Å². The molecule has 2 aromatic rings. The molecule has 5 nitrogen and oxygen atoms in total. The maximum atomic E-state index is 9.28. The molecule has 1 aliphatic heterocycles. The van der Waals surface area contributed by atoms with Gasteiger partial charge in [0.25, 0.3) is 0 Å². The van der Waals surface area contributed by atoms with Crippen LogP contribution in [0.25, 0.3) is 0 Å². The predicted octanol–water partition coefficient (Wildman–Crippen LogP) is 3.40. The van der Waals surface area contributed by atoms with E-state index in [2.05, 4.69) is 37.0 Å². The molecular formula is C15H15BrN4O. The van der Waals surface area contributed by atoms with Crippen LogP contribution in [-0.4, -0.2) is 23.2 Å². The van der Waals surface area contributed by atoms with E-state index in [0.29, 0.717) is 17.3 Å². The molecule has 0 saturated carbocycles. The summed E-state index contributed by atoms with van der Waals surface area (Å²) in [5, 5.41) is 13.1. The molecule has 2 heterocycles. The number of piperidine rings is 1. The number of nitriles is 1. The summed E-state index contributed by atoms with van der Waals surface area (Å²) in [4.78, 5) is 6.58. The quantitative estimate of drug-likeness (QED) is 0.833. The molecule has 3 rings (SSSR count). The molecule has 1 saturated heterocycles. The zero-order valence-corrected chi connectivity index (χ0v) is 13.3. The Morgan fingerprint density at radius 2 is 2.14 bits per heavy atom. The molecule has 6 heteroatoms. The highest BCUT2D eigenvalue weighted by atomic mass is 79.9. The Hall–Kier alpha value is -1.87. The van der Waals surface area contributed by atoms with Crippen molar-refractivity contribution in [3.8, 4) is 6.07 Å². The van der Waals surface area contributed by atoms with Crippen molar-refractivity contribution in [2.45, 2.75) is 25.7 Å². The van der Waals surface area contributed by atoms with E-state index in [1.54, 1.807) is 0 Å². The molecule has 1 aromatic heterocycles. The third-order valence-electron chi connectivity index (χ3n) is 3.81. The maximum absolute atomic E-state index is 9.28. The van der Waals surface area contributed by atoms with Crippen molar-refractivity contribution in [3.63, 3.8) is 0 Å². The molecule has 0 N–H and O–H groups in total. The van der Waals surface area contributed by atoms with E-state index in [4.69, 9.17) is 4.52 Å². The van der Waals surface area contributed by atoms with E-state index < -0.39 is 0 Å². The van der Waals surface area contributed by atoms with E-state index in [1.165, 1.54) is 0 Å². The van der Waals surface area contributed by atoms with Crippen molar-refractivity contribution in [1.82, 2.24) is 10.1 Å². The van der Waals surface area contributed by atoms with Crippen LogP contribution in [0.15, 0.2) is 27.2 Å². The maximum Gasteiger partial charge on any atom is 0.229 e. The number of halogens is 1. The summed E-state index contributed by atoms with van der Waals surface area (Å²) in [6, 6.07) is 8.11. The van der Waals surface area contributed by atoms with Gasteiger partial charge in [-0.2, -0.15) is 10.2 Å². The lowest BCUT2D eigenvalue weighted by Crippen LogP contribution is -2.33. The van der Waals surface area contributed by atoms with Crippen LogP contribution < -0.4 is 4.90 Å². The highest BCUT2D eigenvalue weighted by Crippen LogP contribution is 2.31. The number of hydrogen-bond donors (Lipinski definition) is 0. The van der Waals surface area contributed by atoms with Crippen molar-refractivity contribution >= 4 is 21.6 Å². The second-order valence-electron chi connectivity index (χ2n) is 5.21. The highest BCUT2D eigenvalue weighted by Gasteiger charge is 2.25. The van der Waals surface area contributed by atoms with Crippen LogP contribution >= 0.6 is 15.9 Å². The van der Waals surface area contributed by atoms with Crippen LogP contribution in [0.3, 0.4) is 0 Å². The Bertz CT molecular complexity index is 683. The van der Waals surface area contributed by atoms with E-state index >= 15 is 0 Å². The summed E-state index contributed by atoms with van der Waals surface area (Å²) in [7, 11) is 0. The number of rotatable bonds is 2. The first-order valence-electron chi connectivity index (χ1n) is 6.92. The van der Waals surface area contributed by atoms with Crippen molar-refractivity contribution in [1.29, 1.82) is 5.26 Å². The van der Waals surface area contributed by atoms with Gasteiger partial charge in [0.15, 0.2) is 5.82 Å². The van der Waals surface area contributed by atoms with Crippen molar-refractivity contribution in [2.24, 2.45) is 0 Å². The molecule has 0 bridgehead atoms. The topological polar surface area (TPSA) is 66.0 Å². The van der Waals surface area contributed by atoms with Gasteiger partial charge in [0, 0.05) is 23.5 Å². The number of hydrogen-bond acceptors (Lipinski definition) is 5. The minimum Gasteiger partial charge on any atom is -0.370 e. The van der Waals surface area contributed by atoms with Gasteiger partial charge in [-0.05, 0) is 38.0 Å². The fourth-order valence-corrected chi connectivity index (χ4v) is 3.08. The number of benzene rings is 1. The number of nitrogens with zero attached hydrogens (tertiary/aromatic N) is 4. The minimum absolute atomic E-state index is 0.323. The third-order valence-corrected chi connectivity index (χ3v) is 4.30. The molecule has 1 aliphatic rings. The van der Waals surface area contributed by atoms with E-state index in [1.807, 2.05) is 25.1 Å². The lowest BCUT2D eigenvalue weighted by atomic mass is 9.96. The van der Waals surface area contributed by atoms with Gasteiger partial charge in [0.2, 0.25) is 5.89 Å². The van der Waals surface area contributed by atoms with Crippen LogP contribution in [0.5, 0.6) is 0 Å². The second-order valence-corrected chi connectivity index (χ2v) is 6.13. The lowest BCUT2D eigenvalue weighted by Gasteiger charge is -2.32. The van der Waals surface area contributed by atoms with Crippen LogP contribution in [0.4, 0.5) is 5.69 Å². The molecule has 21 heavy (non-hydrogen) atoms. The summed E-state index contributed by atoms with van der Waals surface area (Å²) in [6.07, 6.45) is 1.92.